The van der Waals surface area contributed by atoms with E-state index in [4.69, 9.17) is 13.8 Å². The average molecular weight is 483 g/mol. The molecule has 0 saturated heterocycles. The zero-order valence-electron chi connectivity index (χ0n) is 19.1. The number of ketones is 3. The quantitative estimate of drug-likeness (QED) is 0.154. The van der Waals surface area contributed by atoms with Gasteiger partial charge in [0.1, 0.15) is 23.2 Å². The molecule has 0 fully saturated rings. The Balaban J connectivity index is 2.23. The number of aromatic hydroxyl groups is 1. The summed E-state index contributed by atoms with van der Waals surface area (Å²) in [5, 5.41) is 10.6. The summed E-state index contributed by atoms with van der Waals surface area (Å²) in [5.41, 5.74) is 0.452. The first-order valence-corrected chi connectivity index (χ1v) is 11.8. The fourth-order valence-corrected chi connectivity index (χ4v) is 3.72. The molecule has 1 aliphatic rings. The third-order valence-electron chi connectivity index (χ3n) is 5.41. The van der Waals surface area contributed by atoms with Crippen LogP contribution in [0.4, 0.5) is 0 Å². The van der Waals surface area contributed by atoms with Crippen LogP contribution in [-0.4, -0.2) is 54.0 Å². The number of cyclic esters (lactones) is 1. The van der Waals surface area contributed by atoms with Gasteiger partial charge in [0.2, 0.25) is 11.6 Å². The summed E-state index contributed by atoms with van der Waals surface area (Å²) in [5.74, 6) is -2.66. The number of phenolic OH excluding ortho intramolecular Hbond substituents is 1. The molecule has 1 aliphatic heterocycles. The van der Waals surface area contributed by atoms with Gasteiger partial charge >= 0.3 is 5.97 Å². The maximum Gasteiger partial charge on any atom is 0.342 e. The summed E-state index contributed by atoms with van der Waals surface area (Å²) in [6.45, 7) is 3.81. The molecular formula is C23H30O9S. The minimum atomic E-state index is -0.987. The van der Waals surface area contributed by atoms with Gasteiger partial charge in [-0.1, -0.05) is 6.92 Å². The lowest BCUT2D eigenvalue weighted by Gasteiger charge is -2.22. The van der Waals surface area contributed by atoms with E-state index in [2.05, 4.69) is 4.89 Å². The first-order chi connectivity index (χ1) is 15.7. The van der Waals surface area contributed by atoms with Crippen LogP contribution in [0.3, 0.4) is 0 Å². The van der Waals surface area contributed by atoms with E-state index in [0.29, 0.717) is 36.5 Å². The summed E-state index contributed by atoms with van der Waals surface area (Å²) >= 11 is 1.14. The van der Waals surface area contributed by atoms with Gasteiger partial charge in [-0.15, -0.1) is 0 Å². The fourth-order valence-electron chi connectivity index (χ4n) is 3.32. The predicted octanol–water partition coefficient (Wildman–Crippen LogP) is 3.39. The highest BCUT2D eigenvalue weighted by Crippen LogP contribution is 2.31. The molecule has 0 unspecified atom stereocenters. The van der Waals surface area contributed by atoms with E-state index in [0.717, 1.165) is 12.0 Å². The van der Waals surface area contributed by atoms with Crippen LogP contribution in [0.25, 0.3) is 0 Å². The molecule has 182 valence electrons. The number of carbonyl (C=O) groups excluding carboxylic acids is 4. The van der Waals surface area contributed by atoms with E-state index >= 15 is 0 Å². The molecule has 33 heavy (non-hydrogen) atoms. The highest BCUT2D eigenvalue weighted by atomic mass is 32.2. The molecule has 2 rings (SSSR count). The SMILES string of the molecule is COOSCCCOc1cc(O)c2c(c1)CCCC(=O)C(=O)C(=O)CC[C@@H](C)[C@H](C)OC2=O. The Morgan fingerprint density at radius 1 is 1.09 bits per heavy atom. The van der Waals surface area contributed by atoms with Crippen molar-refractivity contribution in [3.63, 3.8) is 0 Å². The van der Waals surface area contributed by atoms with Gasteiger partial charge in [0, 0.05) is 36.7 Å². The van der Waals surface area contributed by atoms with Crippen molar-refractivity contribution in [2.24, 2.45) is 5.92 Å². The zero-order chi connectivity index (χ0) is 24.4. The minimum absolute atomic E-state index is 0.0114. The zero-order valence-corrected chi connectivity index (χ0v) is 19.9. The summed E-state index contributed by atoms with van der Waals surface area (Å²) in [6, 6.07) is 2.97. The maximum atomic E-state index is 12.9. The molecule has 2 atom stereocenters. The number of rotatable bonds is 7. The van der Waals surface area contributed by atoms with Gasteiger partial charge in [-0.25, -0.2) is 9.68 Å². The number of fused-ring (bicyclic) bond motifs is 1. The van der Waals surface area contributed by atoms with Crippen molar-refractivity contribution in [2.45, 2.75) is 58.5 Å². The molecule has 0 saturated carbocycles. The van der Waals surface area contributed by atoms with Gasteiger partial charge in [-0.05, 0) is 50.2 Å². The van der Waals surface area contributed by atoms with E-state index in [1.54, 1.807) is 19.9 Å². The number of ether oxygens (including phenoxy) is 2. The fraction of sp³-hybridized carbons (Fsp3) is 0.565. The number of aryl methyl sites for hydroxylation is 1. The summed E-state index contributed by atoms with van der Waals surface area (Å²) < 4.78 is 15.9. The second-order valence-electron chi connectivity index (χ2n) is 7.89. The molecule has 0 radical (unpaired) electrons. The molecule has 0 spiro atoms. The van der Waals surface area contributed by atoms with Gasteiger partial charge in [0.05, 0.1) is 13.7 Å². The third kappa shape index (κ3) is 8.13. The van der Waals surface area contributed by atoms with Gasteiger partial charge in [-0.3, -0.25) is 14.4 Å². The smallest absolute Gasteiger partial charge is 0.342 e. The molecule has 10 heteroatoms. The Kier molecular flexibility index (Phi) is 10.8. The molecule has 1 heterocycles. The lowest BCUT2D eigenvalue weighted by atomic mass is 9.94. The van der Waals surface area contributed by atoms with Crippen molar-refractivity contribution < 1.29 is 43.0 Å². The van der Waals surface area contributed by atoms with E-state index in [-0.39, 0.29) is 42.9 Å². The molecule has 1 aromatic rings. The standard InChI is InChI=1S/C23H30O9S/c1-14-8-9-19(25)22(27)18(24)7-4-6-16-12-17(30-10-5-11-33-32-29-3)13-20(26)21(16)23(28)31-15(14)2/h12-15,26H,4-11H2,1-3H3/t14-,15+/m1/s1. The Bertz CT molecular complexity index is 868. The first kappa shape index (κ1) is 26.8. The lowest BCUT2D eigenvalue weighted by Crippen LogP contribution is -2.27. The average Bonchev–Trinajstić information content (AvgIpc) is 2.77. The van der Waals surface area contributed by atoms with Crippen LogP contribution in [0.5, 0.6) is 11.5 Å². The largest absolute Gasteiger partial charge is 0.507 e. The Morgan fingerprint density at radius 3 is 2.55 bits per heavy atom. The second-order valence-corrected chi connectivity index (χ2v) is 8.67. The van der Waals surface area contributed by atoms with Gasteiger partial charge < -0.3 is 14.6 Å². The van der Waals surface area contributed by atoms with Gasteiger partial charge in [0.25, 0.3) is 5.78 Å². The van der Waals surface area contributed by atoms with Gasteiger partial charge in [0.15, 0.2) is 0 Å². The Labute approximate surface area is 197 Å². The monoisotopic (exact) mass is 482 g/mol. The number of benzene rings is 1. The lowest BCUT2D eigenvalue weighted by molar-refractivity contribution is -0.160. The van der Waals surface area contributed by atoms with Crippen LogP contribution in [0, 0.1) is 5.92 Å². The van der Waals surface area contributed by atoms with Crippen molar-refractivity contribution in [1.29, 1.82) is 0 Å². The van der Waals surface area contributed by atoms with E-state index in [1.807, 2.05) is 0 Å². The van der Waals surface area contributed by atoms with Crippen molar-refractivity contribution >= 4 is 35.4 Å². The van der Waals surface area contributed by atoms with Crippen LogP contribution >= 0.6 is 12.0 Å². The maximum absolute atomic E-state index is 12.9. The second kappa shape index (κ2) is 13.3. The highest BCUT2D eigenvalue weighted by molar-refractivity contribution is 7.94. The Morgan fingerprint density at radius 2 is 1.82 bits per heavy atom. The number of phenols is 1. The number of carbonyl (C=O) groups is 4. The molecule has 1 N–H and O–H groups in total. The molecule has 0 bridgehead atoms. The molecule has 0 aromatic heterocycles. The molecule has 9 nitrogen and oxygen atoms in total. The topological polar surface area (TPSA) is 125 Å². The Hall–Kier alpha value is -2.43. The van der Waals surface area contributed by atoms with Crippen LogP contribution in [0.2, 0.25) is 0 Å². The van der Waals surface area contributed by atoms with Gasteiger partial charge in [-0.2, -0.15) is 4.33 Å². The normalized spacial score (nSPS) is 20.7. The van der Waals surface area contributed by atoms with E-state index in [1.165, 1.54) is 13.2 Å². The first-order valence-electron chi connectivity index (χ1n) is 10.9. The molecular weight excluding hydrogens is 452 g/mol. The predicted molar refractivity (Wildman–Crippen MR) is 120 cm³/mol. The summed E-state index contributed by atoms with van der Waals surface area (Å²) in [7, 11) is 1.41. The highest BCUT2D eigenvalue weighted by Gasteiger charge is 2.27. The minimum Gasteiger partial charge on any atom is -0.507 e. The summed E-state index contributed by atoms with van der Waals surface area (Å²) in [6.07, 6.45) is 0.607. The van der Waals surface area contributed by atoms with Crippen LogP contribution in [0.15, 0.2) is 12.1 Å². The summed E-state index contributed by atoms with van der Waals surface area (Å²) in [4.78, 5) is 53.6. The van der Waals surface area contributed by atoms with Crippen LogP contribution in [0.1, 0.15) is 61.9 Å². The van der Waals surface area contributed by atoms with Crippen molar-refractivity contribution in [1.82, 2.24) is 0 Å². The number of hydrogen-bond donors (Lipinski definition) is 1. The molecule has 0 amide bonds. The molecule has 1 aromatic carbocycles. The number of hydrogen-bond acceptors (Lipinski definition) is 10. The van der Waals surface area contributed by atoms with Crippen molar-refractivity contribution in [3.8, 4) is 11.5 Å². The van der Waals surface area contributed by atoms with Crippen LogP contribution in [-0.2, 0) is 34.8 Å². The van der Waals surface area contributed by atoms with Crippen molar-refractivity contribution in [2.75, 3.05) is 19.5 Å². The van der Waals surface area contributed by atoms with Crippen LogP contribution < -0.4 is 4.74 Å². The van der Waals surface area contributed by atoms with Crippen molar-refractivity contribution in [3.05, 3.63) is 23.3 Å². The number of esters is 1. The molecule has 0 aliphatic carbocycles. The third-order valence-corrected chi connectivity index (χ3v) is 6.10. The van der Waals surface area contributed by atoms with E-state index < -0.39 is 29.4 Å². The number of Topliss-reactive ketones (excluding diaryl/α,β-unsaturated/α-hetero) is 3. The van der Waals surface area contributed by atoms with E-state index in [9.17, 15) is 24.3 Å².